The molecule has 0 aliphatic carbocycles. The second-order valence-corrected chi connectivity index (χ2v) is 4.66. The van der Waals surface area contributed by atoms with Gasteiger partial charge in [-0.3, -0.25) is 4.79 Å². The van der Waals surface area contributed by atoms with Gasteiger partial charge in [0.1, 0.15) is 12.4 Å². The van der Waals surface area contributed by atoms with Gasteiger partial charge < -0.3 is 4.74 Å². The molecule has 0 spiro atoms. The fourth-order valence-electron chi connectivity index (χ4n) is 1.92. The molecule has 2 nitrogen and oxygen atoms in total. The molecule has 0 saturated heterocycles. The van der Waals surface area contributed by atoms with Gasteiger partial charge in [-0.1, -0.05) is 36.4 Å². The Kier molecular flexibility index (Phi) is 4.72. The lowest BCUT2D eigenvalue weighted by molar-refractivity contribution is 0.101. The Morgan fingerprint density at radius 2 is 1.90 bits per heavy atom. The first-order valence-corrected chi connectivity index (χ1v) is 6.63. The van der Waals surface area contributed by atoms with Gasteiger partial charge in [0, 0.05) is 5.56 Å². The molecule has 0 bridgehead atoms. The highest BCUT2D eigenvalue weighted by Crippen LogP contribution is 2.19. The van der Waals surface area contributed by atoms with Crippen LogP contribution in [0.25, 0.3) is 6.08 Å². The minimum absolute atomic E-state index is 0.0728. The van der Waals surface area contributed by atoms with E-state index in [4.69, 9.17) is 4.74 Å². The molecule has 0 amide bonds. The summed E-state index contributed by atoms with van der Waals surface area (Å²) in [5, 5.41) is 0. The van der Waals surface area contributed by atoms with Crippen molar-refractivity contribution in [3.63, 3.8) is 0 Å². The molecule has 2 aromatic carbocycles. The normalized spacial score (nSPS) is 10.7. The molecule has 0 atom stereocenters. The summed E-state index contributed by atoms with van der Waals surface area (Å²) in [6, 6.07) is 15.6. The van der Waals surface area contributed by atoms with E-state index < -0.39 is 0 Å². The topological polar surface area (TPSA) is 26.3 Å². The minimum atomic E-state index is 0.0728. The number of carbonyl (C=O) groups excluding carboxylic acids is 1. The first-order valence-electron chi connectivity index (χ1n) is 6.63. The lowest BCUT2D eigenvalue weighted by Gasteiger charge is -2.08. The van der Waals surface area contributed by atoms with E-state index in [2.05, 4.69) is 0 Å². The van der Waals surface area contributed by atoms with Crippen LogP contribution >= 0.6 is 0 Å². The molecule has 0 aliphatic heterocycles. The average Bonchev–Trinajstić information content (AvgIpc) is 2.46. The van der Waals surface area contributed by atoms with Crippen LogP contribution < -0.4 is 4.74 Å². The van der Waals surface area contributed by atoms with Crippen LogP contribution in [0.1, 0.15) is 28.4 Å². The molecule has 0 N–H and O–H groups in total. The van der Waals surface area contributed by atoms with Gasteiger partial charge in [0.15, 0.2) is 5.78 Å². The molecule has 0 aliphatic rings. The van der Waals surface area contributed by atoms with E-state index in [-0.39, 0.29) is 5.78 Å². The number of ketones is 1. The maximum atomic E-state index is 11.3. The van der Waals surface area contributed by atoms with Crippen molar-refractivity contribution in [3.05, 3.63) is 71.3 Å². The van der Waals surface area contributed by atoms with Crippen molar-refractivity contribution in [1.82, 2.24) is 0 Å². The van der Waals surface area contributed by atoms with Crippen LogP contribution in [0.4, 0.5) is 0 Å². The monoisotopic (exact) mass is 266 g/mol. The van der Waals surface area contributed by atoms with Gasteiger partial charge in [0.25, 0.3) is 0 Å². The van der Waals surface area contributed by atoms with Crippen molar-refractivity contribution >= 4 is 11.9 Å². The Hall–Kier alpha value is -2.35. The first-order chi connectivity index (χ1) is 9.66. The largest absolute Gasteiger partial charge is 0.489 e. The van der Waals surface area contributed by atoms with Crippen LogP contribution in [0.5, 0.6) is 5.75 Å². The predicted molar refractivity (Wildman–Crippen MR) is 82.2 cm³/mol. The summed E-state index contributed by atoms with van der Waals surface area (Å²) >= 11 is 0. The predicted octanol–water partition coefficient (Wildman–Crippen LogP) is 4.29. The summed E-state index contributed by atoms with van der Waals surface area (Å²) in [5.74, 6) is 0.885. The van der Waals surface area contributed by atoms with E-state index in [1.807, 2.05) is 61.5 Å². The van der Waals surface area contributed by atoms with Crippen LogP contribution in [0.15, 0.2) is 54.6 Å². The molecule has 0 heterocycles. The number of ether oxygens (including phenoxy) is 1. The third kappa shape index (κ3) is 3.82. The standard InChI is InChI=1S/C18H18O2/c1-14-13-17(15(2)19)10-11-18(14)20-12-6-9-16-7-4-3-5-8-16/h3-11,13H,12H2,1-2H3/b9-6+. The molecule has 0 unspecified atom stereocenters. The van der Waals surface area contributed by atoms with Gasteiger partial charge >= 0.3 is 0 Å². The summed E-state index contributed by atoms with van der Waals surface area (Å²) < 4.78 is 5.70. The van der Waals surface area contributed by atoms with Crippen molar-refractivity contribution in [1.29, 1.82) is 0 Å². The number of benzene rings is 2. The summed E-state index contributed by atoms with van der Waals surface area (Å²) in [6.07, 6.45) is 4.01. The van der Waals surface area contributed by atoms with Crippen LogP contribution in [0.3, 0.4) is 0 Å². The van der Waals surface area contributed by atoms with Gasteiger partial charge in [0.2, 0.25) is 0 Å². The number of carbonyl (C=O) groups is 1. The highest BCUT2D eigenvalue weighted by molar-refractivity contribution is 5.94. The average molecular weight is 266 g/mol. The molecule has 2 rings (SSSR count). The van der Waals surface area contributed by atoms with E-state index in [0.717, 1.165) is 22.4 Å². The summed E-state index contributed by atoms with van der Waals surface area (Å²) in [4.78, 5) is 11.3. The Morgan fingerprint density at radius 1 is 1.15 bits per heavy atom. The van der Waals surface area contributed by atoms with Gasteiger partial charge in [-0.2, -0.15) is 0 Å². The molecule has 2 heteroatoms. The van der Waals surface area contributed by atoms with Gasteiger partial charge in [-0.25, -0.2) is 0 Å². The van der Waals surface area contributed by atoms with Crippen LogP contribution in [-0.2, 0) is 0 Å². The molecule has 0 saturated carbocycles. The molecule has 102 valence electrons. The summed E-state index contributed by atoms with van der Waals surface area (Å²) in [5.41, 5.74) is 2.85. The fraction of sp³-hybridized carbons (Fsp3) is 0.167. The molecule has 2 aromatic rings. The van der Waals surface area contributed by atoms with E-state index in [9.17, 15) is 4.79 Å². The van der Waals surface area contributed by atoms with Crippen LogP contribution in [0, 0.1) is 6.92 Å². The molecular formula is C18H18O2. The molecule has 0 radical (unpaired) electrons. The van der Waals surface area contributed by atoms with Crippen molar-refractivity contribution in [3.8, 4) is 5.75 Å². The third-order valence-corrected chi connectivity index (χ3v) is 3.03. The van der Waals surface area contributed by atoms with Gasteiger partial charge in [0.05, 0.1) is 0 Å². The Balaban J connectivity index is 1.94. The number of hydrogen-bond donors (Lipinski definition) is 0. The van der Waals surface area contributed by atoms with Crippen LogP contribution in [-0.4, -0.2) is 12.4 Å². The number of aryl methyl sites for hydroxylation is 1. The Labute approximate surface area is 119 Å². The molecular weight excluding hydrogens is 248 g/mol. The van der Waals surface area contributed by atoms with Crippen LogP contribution in [0.2, 0.25) is 0 Å². The zero-order valence-corrected chi connectivity index (χ0v) is 11.8. The fourth-order valence-corrected chi connectivity index (χ4v) is 1.92. The number of hydrogen-bond acceptors (Lipinski definition) is 2. The highest BCUT2D eigenvalue weighted by atomic mass is 16.5. The quantitative estimate of drug-likeness (QED) is 0.755. The van der Waals surface area contributed by atoms with E-state index >= 15 is 0 Å². The van der Waals surface area contributed by atoms with Crippen molar-refractivity contribution in [2.75, 3.05) is 6.61 Å². The van der Waals surface area contributed by atoms with E-state index in [1.165, 1.54) is 0 Å². The van der Waals surface area contributed by atoms with Crippen molar-refractivity contribution < 1.29 is 9.53 Å². The number of Topliss-reactive ketones (excluding diaryl/α,β-unsaturated/α-hetero) is 1. The maximum Gasteiger partial charge on any atom is 0.159 e. The van der Waals surface area contributed by atoms with Crippen molar-refractivity contribution in [2.24, 2.45) is 0 Å². The molecule has 0 fully saturated rings. The smallest absolute Gasteiger partial charge is 0.159 e. The second kappa shape index (κ2) is 6.71. The third-order valence-electron chi connectivity index (χ3n) is 3.03. The lowest BCUT2D eigenvalue weighted by Crippen LogP contribution is -1.98. The Bertz CT molecular complexity index is 613. The maximum absolute atomic E-state index is 11.3. The minimum Gasteiger partial charge on any atom is -0.489 e. The zero-order chi connectivity index (χ0) is 14.4. The Morgan fingerprint density at radius 3 is 2.55 bits per heavy atom. The SMILES string of the molecule is CC(=O)c1ccc(OC/C=C/c2ccccc2)c(C)c1. The zero-order valence-electron chi connectivity index (χ0n) is 11.8. The van der Waals surface area contributed by atoms with Gasteiger partial charge in [-0.15, -0.1) is 0 Å². The molecule has 0 aromatic heterocycles. The number of rotatable bonds is 5. The van der Waals surface area contributed by atoms with Gasteiger partial charge in [-0.05, 0) is 49.2 Å². The molecule has 20 heavy (non-hydrogen) atoms. The summed E-state index contributed by atoms with van der Waals surface area (Å²) in [7, 11) is 0. The van der Waals surface area contributed by atoms with Crippen molar-refractivity contribution in [2.45, 2.75) is 13.8 Å². The highest BCUT2D eigenvalue weighted by Gasteiger charge is 2.03. The first kappa shape index (κ1) is 14.1. The van der Waals surface area contributed by atoms with E-state index in [1.54, 1.807) is 13.0 Å². The van der Waals surface area contributed by atoms with E-state index in [0.29, 0.717) is 6.61 Å². The summed E-state index contributed by atoms with van der Waals surface area (Å²) in [6.45, 7) is 4.02. The lowest BCUT2D eigenvalue weighted by atomic mass is 10.1. The second-order valence-electron chi connectivity index (χ2n) is 4.66.